The summed E-state index contributed by atoms with van der Waals surface area (Å²) >= 11 is 0. The van der Waals surface area contributed by atoms with E-state index in [1.54, 1.807) is 6.20 Å². The van der Waals surface area contributed by atoms with Crippen molar-refractivity contribution < 1.29 is 0 Å². The van der Waals surface area contributed by atoms with Crippen LogP contribution in [0.25, 0.3) is 10.8 Å². The van der Waals surface area contributed by atoms with Gasteiger partial charge in [0.15, 0.2) is 0 Å². The van der Waals surface area contributed by atoms with Crippen LogP contribution >= 0.6 is 0 Å². The molecule has 2 aromatic rings. The van der Waals surface area contributed by atoms with Gasteiger partial charge in [0.1, 0.15) is 6.04 Å². The Bertz CT molecular complexity index is 608. The van der Waals surface area contributed by atoms with Crippen LogP contribution in [0.1, 0.15) is 25.5 Å². The highest BCUT2D eigenvalue weighted by atomic mass is 15.1. The summed E-state index contributed by atoms with van der Waals surface area (Å²) in [7, 11) is 0. The lowest BCUT2D eigenvalue weighted by Gasteiger charge is -2.20. The molecule has 1 aromatic carbocycles. The lowest BCUT2D eigenvalue weighted by atomic mass is 10.0. The van der Waals surface area contributed by atoms with Crippen molar-refractivity contribution in [2.75, 3.05) is 26.2 Å². The second kappa shape index (κ2) is 7.72. The van der Waals surface area contributed by atoms with Crippen LogP contribution in [-0.2, 0) is 0 Å². The fraction of sp³-hybridized carbons (Fsp3) is 0.412. The van der Waals surface area contributed by atoms with Gasteiger partial charge in [-0.1, -0.05) is 38.1 Å². The Balaban J connectivity index is 2.12. The highest BCUT2D eigenvalue weighted by Crippen LogP contribution is 2.22. The molecule has 2 rings (SSSR count). The zero-order valence-electron chi connectivity index (χ0n) is 12.7. The molecule has 0 radical (unpaired) electrons. The third kappa shape index (κ3) is 3.78. The summed E-state index contributed by atoms with van der Waals surface area (Å²) in [6, 6.07) is 10.1. The maximum Gasteiger partial charge on any atom is 0.123 e. The molecular weight excluding hydrogens is 260 g/mol. The fourth-order valence-electron chi connectivity index (χ4n) is 2.50. The summed E-state index contributed by atoms with van der Waals surface area (Å²) in [6.07, 6.45) is 3.63. The van der Waals surface area contributed by atoms with Crippen molar-refractivity contribution in [2.45, 2.75) is 19.9 Å². The summed E-state index contributed by atoms with van der Waals surface area (Å²) in [5.74, 6) is 0. The lowest BCUT2D eigenvalue weighted by Crippen LogP contribution is -2.33. The van der Waals surface area contributed by atoms with E-state index < -0.39 is 0 Å². The summed E-state index contributed by atoms with van der Waals surface area (Å²) in [6.45, 7) is 8.11. The average molecular weight is 282 g/mol. The van der Waals surface area contributed by atoms with Crippen molar-refractivity contribution in [1.29, 1.82) is 5.26 Å². The van der Waals surface area contributed by atoms with E-state index in [2.05, 4.69) is 35.1 Å². The monoisotopic (exact) mass is 282 g/mol. The van der Waals surface area contributed by atoms with Crippen LogP contribution in [0.4, 0.5) is 0 Å². The van der Waals surface area contributed by atoms with Gasteiger partial charge in [0, 0.05) is 36.4 Å². The van der Waals surface area contributed by atoms with Crippen LogP contribution in [0.5, 0.6) is 0 Å². The Kier molecular flexibility index (Phi) is 5.68. The van der Waals surface area contributed by atoms with Gasteiger partial charge in [-0.3, -0.25) is 10.3 Å². The van der Waals surface area contributed by atoms with E-state index >= 15 is 0 Å². The van der Waals surface area contributed by atoms with Crippen LogP contribution in [-0.4, -0.2) is 36.1 Å². The second-order valence-corrected chi connectivity index (χ2v) is 4.99. The third-order valence-electron chi connectivity index (χ3n) is 3.81. The minimum atomic E-state index is -0.320. The minimum absolute atomic E-state index is 0.320. The molecule has 21 heavy (non-hydrogen) atoms. The molecule has 1 heterocycles. The molecule has 0 amide bonds. The Hall–Kier alpha value is -1.96. The topological polar surface area (TPSA) is 52.0 Å². The number of hydrogen-bond donors (Lipinski definition) is 1. The van der Waals surface area contributed by atoms with E-state index in [1.807, 2.05) is 30.5 Å². The molecule has 0 aliphatic heterocycles. The minimum Gasteiger partial charge on any atom is -0.303 e. The van der Waals surface area contributed by atoms with E-state index in [4.69, 9.17) is 0 Å². The second-order valence-electron chi connectivity index (χ2n) is 4.99. The number of nitrogens with zero attached hydrogens (tertiary/aromatic N) is 3. The lowest BCUT2D eigenvalue weighted by molar-refractivity contribution is 0.300. The number of nitriles is 1. The Morgan fingerprint density at radius 2 is 2.00 bits per heavy atom. The summed E-state index contributed by atoms with van der Waals surface area (Å²) < 4.78 is 0. The average Bonchev–Trinajstić information content (AvgIpc) is 2.55. The van der Waals surface area contributed by atoms with Gasteiger partial charge in [-0.25, -0.2) is 0 Å². The standard InChI is InChI=1S/C17H22N4/c1-3-21(4-2)10-9-20-17(11-18)16-13-19-12-14-7-5-6-8-15(14)16/h5-8,12-13,17,20H,3-4,9-10H2,1-2H3. The quantitative estimate of drug-likeness (QED) is 0.848. The number of likely N-dealkylation sites (N-methyl/N-ethyl adjacent to an activating group) is 1. The molecule has 110 valence electrons. The molecule has 4 heteroatoms. The number of pyridine rings is 1. The number of fused-ring (bicyclic) bond motifs is 1. The molecule has 4 nitrogen and oxygen atoms in total. The zero-order chi connectivity index (χ0) is 15.1. The van der Waals surface area contributed by atoms with E-state index in [9.17, 15) is 5.26 Å². The normalized spacial score (nSPS) is 12.5. The number of benzene rings is 1. The highest BCUT2D eigenvalue weighted by molar-refractivity contribution is 5.85. The first-order chi connectivity index (χ1) is 10.3. The van der Waals surface area contributed by atoms with E-state index in [0.717, 1.165) is 42.5 Å². The van der Waals surface area contributed by atoms with Crippen molar-refractivity contribution in [3.8, 4) is 6.07 Å². The maximum atomic E-state index is 9.46. The van der Waals surface area contributed by atoms with E-state index in [-0.39, 0.29) is 6.04 Å². The highest BCUT2D eigenvalue weighted by Gasteiger charge is 2.13. The van der Waals surface area contributed by atoms with Crippen molar-refractivity contribution in [2.24, 2.45) is 0 Å². The van der Waals surface area contributed by atoms with Crippen molar-refractivity contribution >= 4 is 10.8 Å². The van der Waals surface area contributed by atoms with Crippen molar-refractivity contribution in [3.05, 3.63) is 42.2 Å². The molecule has 0 saturated heterocycles. The Morgan fingerprint density at radius 3 is 2.71 bits per heavy atom. The number of hydrogen-bond acceptors (Lipinski definition) is 4. The van der Waals surface area contributed by atoms with E-state index in [0.29, 0.717) is 0 Å². The molecule has 0 spiro atoms. The summed E-state index contributed by atoms with van der Waals surface area (Å²) in [5, 5.41) is 15.0. The van der Waals surface area contributed by atoms with Gasteiger partial charge in [-0.05, 0) is 18.5 Å². The molecule has 0 bridgehead atoms. The van der Waals surface area contributed by atoms with Gasteiger partial charge in [-0.2, -0.15) is 5.26 Å². The van der Waals surface area contributed by atoms with Crippen LogP contribution in [0.3, 0.4) is 0 Å². The number of nitrogens with one attached hydrogen (secondary N) is 1. The van der Waals surface area contributed by atoms with Crippen LogP contribution in [0.15, 0.2) is 36.7 Å². The third-order valence-corrected chi connectivity index (χ3v) is 3.81. The molecule has 0 aliphatic rings. The van der Waals surface area contributed by atoms with Gasteiger partial charge in [0.2, 0.25) is 0 Å². The Labute approximate surface area is 126 Å². The zero-order valence-corrected chi connectivity index (χ0v) is 12.7. The van der Waals surface area contributed by atoms with Gasteiger partial charge in [0.25, 0.3) is 0 Å². The van der Waals surface area contributed by atoms with Crippen molar-refractivity contribution in [3.63, 3.8) is 0 Å². The molecule has 0 aliphatic carbocycles. The predicted octanol–water partition coefficient (Wildman–Crippen LogP) is 2.73. The smallest absolute Gasteiger partial charge is 0.123 e. The van der Waals surface area contributed by atoms with Crippen LogP contribution in [0.2, 0.25) is 0 Å². The molecule has 1 aromatic heterocycles. The first kappa shape index (κ1) is 15.4. The predicted molar refractivity (Wildman–Crippen MR) is 85.9 cm³/mol. The number of rotatable bonds is 7. The van der Waals surface area contributed by atoms with Gasteiger partial charge in [-0.15, -0.1) is 0 Å². The first-order valence-electron chi connectivity index (χ1n) is 7.48. The van der Waals surface area contributed by atoms with E-state index in [1.165, 1.54) is 0 Å². The largest absolute Gasteiger partial charge is 0.303 e. The fourth-order valence-corrected chi connectivity index (χ4v) is 2.50. The SMILES string of the molecule is CCN(CC)CCNC(C#N)c1cncc2ccccc12. The molecule has 1 unspecified atom stereocenters. The summed E-state index contributed by atoms with van der Waals surface area (Å²) in [5.41, 5.74) is 0.954. The van der Waals surface area contributed by atoms with Crippen LogP contribution in [0, 0.1) is 11.3 Å². The van der Waals surface area contributed by atoms with Gasteiger partial charge >= 0.3 is 0 Å². The van der Waals surface area contributed by atoms with Crippen LogP contribution < -0.4 is 5.32 Å². The number of aromatic nitrogens is 1. The first-order valence-corrected chi connectivity index (χ1v) is 7.48. The molecule has 1 atom stereocenters. The summed E-state index contributed by atoms with van der Waals surface area (Å²) in [4.78, 5) is 6.59. The maximum absolute atomic E-state index is 9.46. The molecule has 0 saturated carbocycles. The van der Waals surface area contributed by atoms with Crippen molar-refractivity contribution in [1.82, 2.24) is 15.2 Å². The molecular formula is C17H22N4. The molecule has 0 fully saturated rings. The van der Waals surface area contributed by atoms with Gasteiger partial charge < -0.3 is 4.90 Å². The molecule has 1 N–H and O–H groups in total. The Morgan fingerprint density at radius 1 is 1.24 bits per heavy atom. The van der Waals surface area contributed by atoms with Gasteiger partial charge in [0.05, 0.1) is 6.07 Å².